The highest BCUT2D eigenvalue weighted by Gasteiger charge is 2.21. The van der Waals surface area contributed by atoms with E-state index in [1.165, 1.54) is 11.6 Å². The first-order chi connectivity index (χ1) is 8.29. The molecular formula is C10H9Cl2N3O2S. The summed E-state index contributed by atoms with van der Waals surface area (Å²) >= 11 is 5.95. The number of benzene rings is 1. The molecule has 1 heterocycles. The molecule has 0 aliphatic carbocycles. The van der Waals surface area contributed by atoms with Crippen molar-refractivity contribution in [3.05, 3.63) is 28.8 Å². The molecule has 0 spiro atoms. The van der Waals surface area contributed by atoms with Gasteiger partial charge in [0.25, 0.3) is 14.2 Å². The minimum absolute atomic E-state index is 0.295. The summed E-state index contributed by atoms with van der Waals surface area (Å²) in [6.45, 7) is 1.88. The molecule has 1 aromatic carbocycles. The second-order valence-corrected chi connectivity index (χ2v) is 6.72. The lowest BCUT2D eigenvalue weighted by Gasteiger charge is -2.04. The Kier molecular flexibility index (Phi) is 3.35. The Labute approximate surface area is 114 Å². The zero-order valence-corrected chi connectivity index (χ0v) is 11.9. The maximum atomic E-state index is 11.2. The first kappa shape index (κ1) is 13.3. The van der Waals surface area contributed by atoms with Crippen molar-refractivity contribution >= 4 is 31.3 Å². The van der Waals surface area contributed by atoms with Crippen molar-refractivity contribution < 1.29 is 8.42 Å². The SMILES string of the molecule is Cc1cc(Cl)cc(-c2nnc(S(=O)(=O)Cl)n2C)c1. The third-order valence-electron chi connectivity index (χ3n) is 2.35. The van der Waals surface area contributed by atoms with Crippen molar-refractivity contribution in [1.29, 1.82) is 0 Å². The maximum Gasteiger partial charge on any atom is 0.296 e. The van der Waals surface area contributed by atoms with Gasteiger partial charge < -0.3 is 0 Å². The molecule has 8 heteroatoms. The Morgan fingerprint density at radius 1 is 1.22 bits per heavy atom. The van der Waals surface area contributed by atoms with E-state index in [0.29, 0.717) is 16.4 Å². The Morgan fingerprint density at radius 2 is 1.89 bits per heavy atom. The molecule has 0 aliphatic heterocycles. The van der Waals surface area contributed by atoms with E-state index in [9.17, 15) is 8.42 Å². The molecule has 2 aromatic rings. The van der Waals surface area contributed by atoms with Crippen molar-refractivity contribution in [2.45, 2.75) is 12.1 Å². The van der Waals surface area contributed by atoms with Crippen molar-refractivity contribution in [2.24, 2.45) is 7.05 Å². The molecule has 0 N–H and O–H groups in total. The van der Waals surface area contributed by atoms with Gasteiger partial charge in [-0.05, 0) is 30.7 Å². The van der Waals surface area contributed by atoms with E-state index in [4.69, 9.17) is 22.3 Å². The van der Waals surface area contributed by atoms with E-state index in [-0.39, 0.29) is 5.16 Å². The van der Waals surface area contributed by atoms with Crippen LogP contribution >= 0.6 is 22.3 Å². The summed E-state index contributed by atoms with van der Waals surface area (Å²) in [7, 11) is 2.87. The maximum absolute atomic E-state index is 11.2. The fraction of sp³-hybridized carbons (Fsp3) is 0.200. The number of aromatic nitrogens is 3. The largest absolute Gasteiger partial charge is 0.300 e. The lowest BCUT2D eigenvalue weighted by Crippen LogP contribution is -2.02. The van der Waals surface area contributed by atoms with Crippen LogP contribution < -0.4 is 0 Å². The van der Waals surface area contributed by atoms with Gasteiger partial charge in [0.05, 0.1) is 0 Å². The van der Waals surface area contributed by atoms with E-state index in [2.05, 4.69) is 10.2 Å². The predicted octanol–water partition coefficient (Wildman–Crippen LogP) is 2.37. The lowest BCUT2D eigenvalue weighted by molar-refractivity contribution is 0.593. The van der Waals surface area contributed by atoms with Crippen LogP contribution in [0.25, 0.3) is 11.4 Å². The zero-order valence-electron chi connectivity index (χ0n) is 9.55. The number of hydrogen-bond donors (Lipinski definition) is 0. The van der Waals surface area contributed by atoms with E-state index in [1.807, 2.05) is 13.0 Å². The van der Waals surface area contributed by atoms with Crippen LogP contribution in [-0.4, -0.2) is 23.2 Å². The van der Waals surface area contributed by atoms with Crippen molar-refractivity contribution in [1.82, 2.24) is 14.8 Å². The van der Waals surface area contributed by atoms with Crippen molar-refractivity contribution in [2.75, 3.05) is 0 Å². The smallest absolute Gasteiger partial charge is 0.296 e. The molecule has 0 radical (unpaired) electrons. The topological polar surface area (TPSA) is 64.8 Å². The number of halogens is 2. The van der Waals surface area contributed by atoms with Crippen molar-refractivity contribution in [3.63, 3.8) is 0 Å². The van der Waals surface area contributed by atoms with Gasteiger partial charge in [0.15, 0.2) is 5.82 Å². The molecule has 0 amide bonds. The third-order valence-corrected chi connectivity index (χ3v) is 3.78. The van der Waals surface area contributed by atoms with Gasteiger partial charge in [-0.15, -0.1) is 10.2 Å². The van der Waals surface area contributed by atoms with Gasteiger partial charge in [0.2, 0.25) is 0 Å². The van der Waals surface area contributed by atoms with Crippen LogP contribution in [0.4, 0.5) is 0 Å². The molecule has 18 heavy (non-hydrogen) atoms. The van der Waals surface area contributed by atoms with Crippen LogP contribution in [0.3, 0.4) is 0 Å². The zero-order chi connectivity index (χ0) is 13.5. The van der Waals surface area contributed by atoms with Crippen LogP contribution in [0, 0.1) is 6.92 Å². The number of aryl methyl sites for hydroxylation is 1. The number of hydrogen-bond acceptors (Lipinski definition) is 4. The fourth-order valence-corrected chi connectivity index (χ4v) is 2.89. The molecule has 0 saturated heterocycles. The second kappa shape index (κ2) is 4.53. The summed E-state index contributed by atoms with van der Waals surface area (Å²) in [6, 6.07) is 5.31. The molecule has 0 saturated carbocycles. The Balaban J connectivity index is 2.63. The fourth-order valence-electron chi connectivity index (χ4n) is 1.64. The molecule has 1 aromatic heterocycles. The van der Waals surface area contributed by atoms with E-state index in [0.717, 1.165) is 5.56 Å². The average molecular weight is 306 g/mol. The monoisotopic (exact) mass is 305 g/mol. The van der Waals surface area contributed by atoms with Crippen molar-refractivity contribution in [3.8, 4) is 11.4 Å². The van der Waals surface area contributed by atoms with Gasteiger partial charge in [-0.3, -0.25) is 4.57 Å². The minimum atomic E-state index is -3.91. The van der Waals surface area contributed by atoms with Crippen LogP contribution in [0.15, 0.2) is 23.4 Å². The normalized spacial score (nSPS) is 11.8. The Bertz CT molecular complexity index is 690. The van der Waals surface area contributed by atoms with Crippen LogP contribution in [-0.2, 0) is 16.1 Å². The second-order valence-electron chi connectivity index (χ2n) is 3.82. The van der Waals surface area contributed by atoms with Gasteiger partial charge in [0.1, 0.15) is 0 Å². The van der Waals surface area contributed by atoms with Gasteiger partial charge in [-0.1, -0.05) is 11.6 Å². The summed E-state index contributed by atoms with van der Waals surface area (Å²) in [5, 5.41) is 7.65. The Morgan fingerprint density at radius 3 is 2.39 bits per heavy atom. The quantitative estimate of drug-likeness (QED) is 0.799. The Hall–Kier alpha value is -1.11. The predicted molar refractivity (Wildman–Crippen MR) is 69.2 cm³/mol. The molecule has 0 atom stereocenters. The standard InChI is InChI=1S/C10H9Cl2N3O2S/c1-6-3-7(5-8(11)4-6)9-13-14-10(15(9)2)18(12,16)17/h3-5H,1-2H3. The molecular weight excluding hydrogens is 297 g/mol. The molecule has 0 bridgehead atoms. The number of nitrogens with zero attached hydrogens (tertiary/aromatic N) is 3. The van der Waals surface area contributed by atoms with Gasteiger partial charge >= 0.3 is 0 Å². The molecule has 2 rings (SSSR count). The van der Waals surface area contributed by atoms with Gasteiger partial charge in [0, 0.05) is 28.3 Å². The first-order valence-corrected chi connectivity index (χ1v) is 7.59. The van der Waals surface area contributed by atoms with E-state index >= 15 is 0 Å². The van der Waals surface area contributed by atoms with Crippen LogP contribution in [0.2, 0.25) is 5.02 Å². The summed E-state index contributed by atoms with van der Waals surface area (Å²) in [4.78, 5) is 0. The average Bonchev–Trinajstić information content (AvgIpc) is 2.57. The van der Waals surface area contributed by atoms with Crippen LogP contribution in [0.5, 0.6) is 0 Å². The van der Waals surface area contributed by atoms with E-state index < -0.39 is 9.05 Å². The summed E-state index contributed by atoms with van der Waals surface area (Å²) in [6.07, 6.45) is 0. The summed E-state index contributed by atoms with van der Waals surface area (Å²) in [5.74, 6) is 0.389. The number of rotatable bonds is 2. The highest BCUT2D eigenvalue weighted by Crippen LogP contribution is 2.25. The third kappa shape index (κ3) is 2.50. The molecule has 0 aliphatic rings. The summed E-state index contributed by atoms with van der Waals surface area (Å²) in [5.41, 5.74) is 1.62. The molecule has 0 unspecified atom stereocenters. The van der Waals surface area contributed by atoms with Crippen LogP contribution in [0.1, 0.15) is 5.56 Å². The van der Waals surface area contributed by atoms with Gasteiger partial charge in [-0.2, -0.15) is 0 Å². The van der Waals surface area contributed by atoms with Gasteiger partial charge in [-0.25, -0.2) is 8.42 Å². The molecule has 96 valence electrons. The summed E-state index contributed by atoms with van der Waals surface area (Å²) < 4.78 is 23.8. The highest BCUT2D eigenvalue weighted by molar-refractivity contribution is 8.13. The first-order valence-electron chi connectivity index (χ1n) is 4.90. The lowest BCUT2D eigenvalue weighted by atomic mass is 10.1. The minimum Gasteiger partial charge on any atom is -0.300 e. The van der Waals surface area contributed by atoms with E-state index in [1.54, 1.807) is 12.1 Å². The molecule has 0 fully saturated rings. The molecule has 5 nitrogen and oxygen atoms in total. The highest BCUT2D eigenvalue weighted by atomic mass is 35.7.